The summed E-state index contributed by atoms with van der Waals surface area (Å²) in [4.78, 5) is 1.23. The third-order valence-corrected chi connectivity index (χ3v) is 2.97. The lowest BCUT2D eigenvalue weighted by Crippen LogP contribution is -2.19. The summed E-state index contributed by atoms with van der Waals surface area (Å²) in [6.07, 6.45) is 1.18. The number of rotatable bonds is 3. The molecule has 2 nitrogen and oxygen atoms in total. The predicted octanol–water partition coefficient (Wildman–Crippen LogP) is 1.66. The van der Waals surface area contributed by atoms with E-state index in [1.54, 1.807) is 11.9 Å². The zero-order chi connectivity index (χ0) is 8.93. The van der Waals surface area contributed by atoms with Crippen LogP contribution in [0, 0.1) is 0 Å². The van der Waals surface area contributed by atoms with Crippen molar-refractivity contribution < 1.29 is 0 Å². The Labute approximate surface area is 83.2 Å². The third-order valence-electron chi connectivity index (χ3n) is 2.08. The molecule has 1 aromatic rings. The fourth-order valence-corrected chi connectivity index (χ4v) is 2.08. The summed E-state index contributed by atoms with van der Waals surface area (Å²) in [5.74, 6) is 0. The molecular formula is C10H13N2S. The van der Waals surface area contributed by atoms with Crippen LogP contribution >= 0.6 is 11.9 Å². The number of hydrogen-bond acceptors (Lipinski definition) is 2. The van der Waals surface area contributed by atoms with E-state index in [9.17, 15) is 0 Å². The number of hydrogen-bond donors (Lipinski definition) is 1. The average molecular weight is 193 g/mol. The first kappa shape index (κ1) is 9.06. The lowest BCUT2D eigenvalue weighted by Gasteiger charge is -2.06. The monoisotopic (exact) mass is 193 g/mol. The molecule has 13 heavy (non-hydrogen) atoms. The molecule has 1 saturated heterocycles. The summed E-state index contributed by atoms with van der Waals surface area (Å²) < 4.78 is 4.55. The quantitative estimate of drug-likeness (QED) is 0.739. The van der Waals surface area contributed by atoms with Crippen molar-refractivity contribution in [2.75, 3.05) is 13.1 Å². The van der Waals surface area contributed by atoms with Crippen molar-refractivity contribution in [3.8, 4) is 0 Å². The Morgan fingerprint density at radius 1 is 1.31 bits per heavy atom. The van der Waals surface area contributed by atoms with E-state index in [2.05, 4.69) is 22.2 Å². The van der Waals surface area contributed by atoms with Crippen LogP contribution in [-0.2, 0) is 0 Å². The van der Waals surface area contributed by atoms with Crippen LogP contribution in [0.5, 0.6) is 0 Å². The molecule has 1 atom stereocenters. The van der Waals surface area contributed by atoms with Crippen LogP contribution in [0.4, 0.5) is 0 Å². The van der Waals surface area contributed by atoms with E-state index < -0.39 is 0 Å². The molecule has 0 amide bonds. The zero-order valence-electron chi connectivity index (χ0n) is 7.44. The van der Waals surface area contributed by atoms with Gasteiger partial charge in [-0.2, -0.15) is 4.72 Å². The average Bonchev–Trinajstić information content (AvgIpc) is 2.69. The largest absolute Gasteiger partial charge is 0.315 e. The molecule has 0 aliphatic carbocycles. The smallest absolute Gasteiger partial charge is 0.0509 e. The fraction of sp³-hybridized carbons (Fsp3) is 0.400. The molecule has 1 fully saturated rings. The lowest BCUT2D eigenvalue weighted by atomic mass is 10.3. The van der Waals surface area contributed by atoms with Gasteiger partial charge in [0.05, 0.1) is 6.04 Å². The maximum absolute atomic E-state index is 4.55. The van der Waals surface area contributed by atoms with E-state index in [-0.39, 0.29) is 0 Å². The van der Waals surface area contributed by atoms with Crippen LogP contribution in [0.25, 0.3) is 0 Å². The molecule has 1 N–H and O–H groups in total. The van der Waals surface area contributed by atoms with E-state index in [1.165, 1.54) is 11.3 Å². The van der Waals surface area contributed by atoms with Crippen LogP contribution in [0.1, 0.15) is 6.42 Å². The van der Waals surface area contributed by atoms with Crippen molar-refractivity contribution in [3.63, 3.8) is 0 Å². The van der Waals surface area contributed by atoms with Crippen molar-refractivity contribution in [3.05, 3.63) is 30.3 Å². The standard InChI is InChI=1S/C10H13N2S/c1-2-4-10(5-3-1)13-12-9-6-7-11-8-9/h1-5,9,11H,6-8H2. The van der Waals surface area contributed by atoms with Crippen LogP contribution in [0.3, 0.4) is 0 Å². The molecule has 0 bridgehead atoms. The van der Waals surface area contributed by atoms with Crippen molar-refractivity contribution in [1.82, 2.24) is 10.0 Å². The van der Waals surface area contributed by atoms with Gasteiger partial charge in [0.15, 0.2) is 0 Å². The van der Waals surface area contributed by atoms with Crippen LogP contribution in [0.15, 0.2) is 35.2 Å². The number of nitrogens with zero attached hydrogens (tertiary/aromatic N) is 1. The SMILES string of the molecule is c1ccc(S[N]C2CCNC2)cc1. The molecular weight excluding hydrogens is 180 g/mol. The summed E-state index contributed by atoms with van der Waals surface area (Å²) in [6, 6.07) is 10.8. The van der Waals surface area contributed by atoms with Gasteiger partial charge in [-0.05, 0) is 37.0 Å². The second-order valence-corrected chi connectivity index (χ2v) is 4.02. The highest BCUT2D eigenvalue weighted by molar-refractivity contribution is 7.97. The number of nitrogens with one attached hydrogen (secondary N) is 1. The lowest BCUT2D eigenvalue weighted by molar-refractivity contribution is 0.684. The Balaban J connectivity index is 1.79. The van der Waals surface area contributed by atoms with Crippen molar-refractivity contribution >= 4 is 11.9 Å². The highest BCUT2D eigenvalue weighted by Crippen LogP contribution is 2.17. The molecule has 0 saturated carbocycles. The molecule has 1 aromatic carbocycles. The molecule has 1 unspecified atom stereocenters. The van der Waals surface area contributed by atoms with Gasteiger partial charge in [-0.25, -0.2) is 0 Å². The Bertz CT molecular complexity index is 244. The molecule has 0 spiro atoms. The molecule has 69 valence electrons. The number of benzene rings is 1. The van der Waals surface area contributed by atoms with Crippen molar-refractivity contribution in [2.24, 2.45) is 0 Å². The van der Waals surface area contributed by atoms with Crippen molar-refractivity contribution in [1.29, 1.82) is 0 Å². The van der Waals surface area contributed by atoms with Crippen LogP contribution in [0.2, 0.25) is 0 Å². The topological polar surface area (TPSA) is 26.1 Å². The Morgan fingerprint density at radius 2 is 2.15 bits per heavy atom. The molecule has 1 radical (unpaired) electrons. The van der Waals surface area contributed by atoms with Gasteiger partial charge in [-0.1, -0.05) is 18.2 Å². The Kier molecular flexibility index (Phi) is 3.24. The minimum absolute atomic E-state index is 0.505. The maximum Gasteiger partial charge on any atom is 0.0509 e. The fourth-order valence-electron chi connectivity index (χ4n) is 1.35. The second kappa shape index (κ2) is 4.65. The minimum Gasteiger partial charge on any atom is -0.315 e. The second-order valence-electron chi connectivity index (χ2n) is 3.16. The summed E-state index contributed by atoms with van der Waals surface area (Å²) in [6.45, 7) is 2.16. The van der Waals surface area contributed by atoms with E-state index in [0.717, 1.165) is 13.1 Å². The predicted molar refractivity (Wildman–Crippen MR) is 55.7 cm³/mol. The molecule has 1 aliphatic heterocycles. The summed E-state index contributed by atoms with van der Waals surface area (Å²) in [5, 5.41) is 3.30. The normalized spacial score (nSPS) is 22.0. The highest BCUT2D eigenvalue weighted by Gasteiger charge is 2.14. The summed E-state index contributed by atoms with van der Waals surface area (Å²) >= 11 is 1.60. The van der Waals surface area contributed by atoms with Gasteiger partial charge in [-0.15, -0.1) is 0 Å². The van der Waals surface area contributed by atoms with Crippen LogP contribution in [-0.4, -0.2) is 19.1 Å². The summed E-state index contributed by atoms with van der Waals surface area (Å²) in [7, 11) is 0. The summed E-state index contributed by atoms with van der Waals surface area (Å²) in [5.41, 5.74) is 0. The Hall–Kier alpha value is -0.510. The van der Waals surface area contributed by atoms with Gasteiger partial charge in [0, 0.05) is 11.4 Å². The Morgan fingerprint density at radius 3 is 2.85 bits per heavy atom. The zero-order valence-corrected chi connectivity index (χ0v) is 8.26. The maximum atomic E-state index is 4.55. The van der Waals surface area contributed by atoms with Gasteiger partial charge in [0.1, 0.15) is 0 Å². The highest BCUT2D eigenvalue weighted by atomic mass is 32.2. The first-order valence-electron chi connectivity index (χ1n) is 4.58. The van der Waals surface area contributed by atoms with Crippen molar-refractivity contribution in [2.45, 2.75) is 17.4 Å². The van der Waals surface area contributed by atoms with Gasteiger partial charge in [0.2, 0.25) is 0 Å². The molecule has 1 heterocycles. The van der Waals surface area contributed by atoms with Crippen LogP contribution < -0.4 is 10.0 Å². The van der Waals surface area contributed by atoms with Gasteiger partial charge in [0.25, 0.3) is 0 Å². The molecule has 2 rings (SSSR count). The molecule has 3 heteroatoms. The first-order valence-corrected chi connectivity index (χ1v) is 5.35. The van der Waals surface area contributed by atoms with E-state index >= 15 is 0 Å². The third kappa shape index (κ3) is 2.72. The van der Waals surface area contributed by atoms with E-state index in [4.69, 9.17) is 0 Å². The van der Waals surface area contributed by atoms with E-state index in [0.29, 0.717) is 6.04 Å². The molecule has 1 aliphatic rings. The minimum atomic E-state index is 0.505. The van der Waals surface area contributed by atoms with Gasteiger partial charge < -0.3 is 5.32 Å². The first-order chi connectivity index (χ1) is 6.45. The van der Waals surface area contributed by atoms with E-state index in [1.807, 2.05) is 18.2 Å². The molecule has 0 aromatic heterocycles. The van der Waals surface area contributed by atoms with Gasteiger partial charge >= 0.3 is 0 Å². The van der Waals surface area contributed by atoms with Gasteiger partial charge in [-0.3, -0.25) is 0 Å².